The van der Waals surface area contributed by atoms with Crippen molar-refractivity contribution in [3.05, 3.63) is 34.3 Å². The molecule has 0 radical (unpaired) electrons. The van der Waals surface area contributed by atoms with Gasteiger partial charge in [0.2, 0.25) is 0 Å². The van der Waals surface area contributed by atoms with Gasteiger partial charge in [0.25, 0.3) is 0 Å². The SMILES string of the molecule is CC(=O)C[C@H]1O[C@H](C)CC[C@@H]1OC(=O)c1ccc(Br)cc1. The number of carbonyl (C=O) groups is 2. The van der Waals surface area contributed by atoms with Gasteiger partial charge in [-0.05, 0) is 51.0 Å². The van der Waals surface area contributed by atoms with Crippen LogP contribution in [0.25, 0.3) is 0 Å². The Bertz CT molecular complexity index is 512. The van der Waals surface area contributed by atoms with Crippen LogP contribution in [0.3, 0.4) is 0 Å². The summed E-state index contributed by atoms with van der Waals surface area (Å²) in [5, 5.41) is 0. The molecular weight excluding hydrogens is 336 g/mol. The average molecular weight is 355 g/mol. The maximum Gasteiger partial charge on any atom is 0.338 e. The van der Waals surface area contributed by atoms with Crippen LogP contribution in [0.1, 0.15) is 43.5 Å². The smallest absolute Gasteiger partial charge is 0.338 e. The van der Waals surface area contributed by atoms with Crippen LogP contribution >= 0.6 is 15.9 Å². The van der Waals surface area contributed by atoms with Crippen molar-refractivity contribution in [2.24, 2.45) is 0 Å². The van der Waals surface area contributed by atoms with Gasteiger partial charge in [0, 0.05) is 10.9 Å². The van der Waals surface area contributed by atoms with Crippen molar-refractivity contribution < 1.29 is 19.1 Å². The van der Waals surface area contributed by atoms with E-state index in [1.807, 2.05) is 6.92 Å². The molecule has 21 heavy (non-hydrogen) atoms. The number of ether oxygens (including phenoxy) is 2. The van der Waals surface area contributed by atoms with Crippen LogP contribution in [0.15, 0.2) is 28.7 Å². The van der Waals surface area contributed by atoms with E-state index in [2.05, 4.69) is 15.9 Å². The second-order valence-electron chi connectivity index (χ2n) is 5.42. The molecule has 1 heterocycles. The molecule has 1 saturated heterocycles. The summed E-state index contributed by atoms with van der Waals surface area (Å²) in [6, 6.07) is 7.00. The van der Waals surface area contributed by atoms with Crippen LogP contribution < -0.4 is 0 Å². The summed E-state index contributed by atoms with van der Waals surface area (Å²) < 4.78 is 12.2. The molecule has 3 atom stereocenters. The number of rotatable bonds is 4. The molecule has 1 fully saturated rings. The normalized spacial score (nSPS) is 25.4. The molecule has 1 aliphatic heterocycles. The Morgan fingerprint density at radius 2 is 1.95 bits per heavy atom. The van der Waals surface area contributed by atoms with Crippen molar-refractivity contribution in [3.63, 3.8) is 0 Å². The quantitative estimate of drug-likeness (QED) is 0.776. The molecule has 1 aromatic carbocycles. The van der Waals surface area contributed by atoms with E-state index in [0.29, 0.717) is 5.56 Å². The number of benzene rings is 1. The van der Waals surface area contributed by atoms with E-state index in [9.17, 15) is 9.59 Å². The van der Waals surface area contributed by atoms with Crippen molar-refractivity contribution in [2.45, 2.75) is 51.4 Å². The first-order chi connectivity index (χ1) is 9.95. The average Bonchev–Trinajstić information content (AvgIpc) is 2.42. The molecular formula is C16H19BrO4. The minimum atomic E-state index is -0.376. The molecule has 0 aliphatic carbocycles. The lowest BCUT2D eigenvalue weighted by atomic mass is 9.98. The van der Waals surface area contributed by atoms with Crippen molar-refractivity contribution in [1.82, 2.24) is 0 Å². The zero-order chi connectivity index (χ0) is 15.4. The van der Waals surface area contributed by atoms with Crippen molar-refractivity contribution in [2.75, 3.05) is 0 Å². The lowest BCUT2D eigenvalue weighted by Gasteiger charge is -2.34. The Labute approximate surface area is 132 Å². The van der Waals surface area contributed by atoms with E-state index in [-0.39, 0.29) is 36.5 Å². The summed E-state index contributed by atoms with van der Waals surface area (Å²) in [6.07, 6.45) is 1.22. The maximum atomic E-state index is 12.2. The summed E-state index contributed by atoms with van der Waals surface area (Å²) in [7, 11) is 0. The van der Waals surface area contributed by atoms with Crippen LogP contribution in [-0.2, 0) is 14.3 Å². The minimum Gasteiger partial charge on any atom is -0.456 e. The Kier molecular flexibility index (Phi) is 5.53. The highest BCUT2D eigenvalue weighted by molar-refractivity contribution is 9.10. The Balaban J connectivity index is 2.03. The monoisotopic (exact) mass is 354 g/mol. The molecule has 1 aromatic rings. The van der Waals surface area contributed by atoms with E-state index >= 15 is 0 Å². The third-order valence-corrected chi connectivity index (χ3v) is 4.04. The predicted molar refractivity (Wildman–Crippen MR) is 82.2 cm³/mol. The number of ketones is 1. The van der Waals surface area contributed by atoms with E-state index in [4.69, 9.17) is 9.47 Å². The van der Waals surface area contributed by atoms with Crippen LogP contribution in [0, 0.1) is 0 Å². The molecule has 114 valence electrons. The molecule has 5 heteroatoms. The number of hydrogen-bond acceptors (Lipinski definition) is 4. The van der Waals surface area contributed by atoms with Gasteiger partial charge in [0.1, 0.15) is 18.0 Å². The Hall–Kier alpha value is -1.20. The van der Waals surface area contributed by atoms with Gasteiger partial charge in [0.15, 0.2) is 0 Å². The topological polar surface area (TPSA) is 52.6 Å². The number of hydrogen-bond donors (Lipinski definition) is 0. The fourth-order valence-corrected chi connectivity index (χ4v) is 2.69. The highest BCUT2D eigenvalue weighted by atomic mass is 79.9. The van der Waals surface area contributed by atoms with Gasteiger partial charge < -0.3 is 9.47 Å². The molecule has 4 nitrogen and oxygen atoms in total. The summed E-state index contributed by atoms with van der Waals surface area (Å²) in [5.41, 5.74) is 0.499. The molecule has 0 saturated carbocycles. The Morgan fingerprint density at radius 1 is 1.29 bits per heavy atom. The summed E-state index contributed by atoms with van der Waals surface area (Å²) in [5.74, 6) is -0.335. The summed E-state index contributed by atoms with van der Waals surface area (Å²) in [6.45, 7) is 3.50. The Morgan fingerprint density at radius 3 is 2.57 bits per heavy atom. The van der Waals surface area contributed by atoms with Gasteiger partial charge in [-0.25, -0.2) is 4.79 Å². The highest BCUT2D eigenvalue weighted by Gasteiger charge is 2.33. The number of esters is 1. The maximum absolute atomic E-state index is 12.2. The highest BCUT2D eigenvalue weighted by Crippen LogP contribution is 2.25. The predicted octanol–water partition coefficient (Wildman–Crippen LogP) is 3.52. The molecule has 0 aromatic heterocycles. The lowest BCUT2D eigenvalue weighted by molar-refractivity contribution is -0.136. The number of halogens is 1. The summed E-state index contributed by atoms with van der Waals surface area (Å²) in [4.78, 5) is 23.5. The van der Waals surface area contributed by atoms with Crippen molar-refractivity contribution in [3.8, 4) is 0 Å². The standard InChI is InChI=1S/C16H19BrO4/c1-10(18)9-15-14(8-3-11(2)20-15)21-16(19)12-4-6-13(17)7-5-12/h4-7,11,14-15H,3,8-9H2,1-2H3/t11-,14+,15-/m1/s1. The first kappa shape index (κ1) is 16.2. The van der Waals surface area contributed by atoms with Gasteiger partial charge >= 0.3 is 5.97 Å². The fraction of sp³-hybridized carbons (Fsp3) is 0.500. The largest absolute Gasteiger partial charge is 0.456 e. The van der Waals surface area contributed by atoms with Gasteiger partial charge in [-0.2, -0.15) is 0 Å². The van der Waals surface area contributed by atoms with Gasteiger partial charge in [-0.1, -0.05) is 15.9 Å². The van der Waals surface area contributed by atoms with Gasteiger partial charge in [-0.3, -0.25) is 4.79 Å². The fourth-order valence-electron chi connectivity index (χ4n) is 2.43. The van der Waals surface area contributed by atoms with Crippen LogP contribution in [0.4, 0.5) is 0 Å². The van der Waals surface area contributed by atoms with Crippen molar-refractivity contribution >= 4 is 27.7 Å². The first-order valence-electron chi connectivity index (χ1n) is 7.07. The molecule has 0 spiro atoms. The van der Waals surface area contributed by atoms with Crippen LogP contribution in [0.5, 0.6) is 0 Å². The number of Topliss-reactive ketones (excluding diaryl/α,β-unsaturated/α-hetero) is 1. The molecule has 0 amide bonds. The van der Waals surface area contributed by atoms with E-state index in [1.165, 1.54) is 6.92 Å². The summed E-state index contributed by atoms with van der Waals surface area (Å²) >= 11 is 3.33. The van der Waals surface area contributed by atoms with Crippen LogP contribution in [0.2, 0.25) is 0 Å². The second kappa shape index (κ2) is 7.18. The third kappa shape index (κ3) is 4.64. The molecule has 0 unspecified atom stereocenters. The second-order valence-corrected chi connectivity index (χ2v) is 6.33. The van der Waals surface area contributed by atoms with E-state index < -0.39 is 0 Å². The van der Waals surface area contributed by atoms with Crippen LogP contribution in [-0.4, -0.2) is 30.1 Å². The van der Waals surface area contributed by atoms with Gasteiger partial charge in [-0.15, -0.1) is 0 Å². The molecule has 1 aliphatic rings. The van der Waals surface area contributed by atoms with Crippen molar-refractivity contribution in [1.29, 1.82) is 0 Å². The number of carbonyl (C=O) groups excluding carboxylic acids is 2. The van der Waals surface area contributed by atoms with E-state index in [0.717, 1.165) is 17.3 Å². The molecule has 0 bridgehead atoms. The minimum absolute atomic E-state index is 0.0405. The third-order valence-electron chi connectivity index (χ3n) is 3.51. The molecule has 0 N–H and O–H groups in total. The zero-order valence-electron chi connectivity index (χ0n) is 12.2. The van der Waals surface area contributed by atoms with Gasteiger partial charge in [0.05, 0.1) is 11.7 Å². The van der Waals surface area contributed by atoms with E-state index in [1.54, 1.807) is 24.3 Å². The molecule has 2 rings (SSSR count). The first-order valence-corrected chi connectivity index (χ1v) is 7.86. The lowest BCUT2D eigenvalue weighted by Crippen LogP contribution is -2.41. The zero-order valence-corrected chi connectivity index (χ0v) is 13.8.